The molecule has 166 valence electrons. The number of rotatable bonds is 4. The molecule has 0 atom stereocenters. The molecule has 1 fully saturated rings. The molecule has 1 aliphatic rings. The minimum Gasteiger partial charge on any atom is -0.444 e. The number of amides is 2. The molecule has 1 N–H and O–H groups in total. The van der Waals surface area contributed by atoms with E-state index in [0.717, 1.165) is 18.5 Å². The van der Waals surface area contributed by atoms with E-state index in [9.17, 15) is 9.59 Å². The summed E-state index contributed by atoms with van der Waals surface area (Å²) in [7, 11) is 1.97. The lowest BCUT2D eigenvalue weighted by Crippen LogP contribution is -2.47. The van der Waals surface area contributed by atoms with E-state index < -0.39 is 5.60 Å². The number of pyridine rings is 1. The Balaban J connectivity index is 1.70. The molecular formula is C23H29ClN4O3. The van der Waals surface area contributed by atoms with Gasteiger partial charge in [0, 0.05) is 43.1 Å². The fraction of sp³-hybridized carbons (Fsp3) is 0.435. The number of benzene rings is 1. The molecule has 2 amide bonds. The lowest BCUT2D eigenvalue weighted by molar-refractivity contribution is 0.0205. The molecule has 1 aromatic carbocycles. The Labute approximate surface area is 188 Å². The minimum absolute atomic E-state index is 0.182. The predicted molar refractivity (Wildman–Crippen MR) is 123 cm³/mol. The second kappa shape index (κ2) is 9.56. The molecule has 0 bridgehead atoms. The Bertz CT molecular complexity index is 922. The van der Waals surface area contributed by atoms with Crippen LogP contribution in [0.5, 0.6) is 0 Å². The highest BCUT2D eigenvalue weighted by molar-refractivity contribution is 6.31. The van der Waals surface area contributed by atoms with E-state index in [4.69, 9.17) is 16.3 Å². The van der Waals surface area contributed by atoms with Gasteiger partial charge in [-0.15, -0.1) is 0 Å². The number of hydrogen-bond acceptors (Lipinski definition) is 5. The van der Waals surface area contributed by atoms with Gasteiger partial charge in [0.05, 0.1) is 5.56 Å². The molecule has 0 saturated carbocycles. The van der Waals surface area contributed by atoms with Crippen molar-refractivity contribution in [3.05, 3.63) is 53.2 Å². The average molecular weight is 445 g/mol. The van der Waals surface area contributed by atoms with Gasteiger partial charge in [-0.2, -0.15) is 0 Å². The van der Waals surface area contributed by atoms with Crippen LogP contribution in [0.4, 0.5) is 16.3 Å². The van der Waals surface area contributed by atoms with E-state index >= 15 is 0 Å². The van der Waals surface area contributed by atoms with Crippen LogP contribution in [0.2, 0.25) is 5.02 Å². The van der Waals surface area contributed by atoms with Crippen molar-refractivity contribution in [3.8, 4) is 0 Å². The van der Waals surface area contributed by atoms with Crippen molar-refractivity contribution >= 4 is 35.1 Å². The van der Waals surface area contributed by atoms with Crippen LogP contribution in [0, 0.1) is 0 Å². The van der Waals surface area contributed by atoms with Gasteiger partial charge in [0.15, 0.2) is 0 Å². The van der Waals surface area contributed by atoms with Crippen LogP contribution in [0.15, 0.2) is 42.6 Å². The van der Waals surface area contributed by atoms with Crippen LogP contribution < -0.4 is 10.2 Å². The van der Waals surface area contributed by atoms with E-state index in [0.29, 0.717) is 29.5 Å². The van der Waals surface area contributed by atoms with Gasteiger partial charge < -0.3 is 19.9 Å². The van der Waals surface area contributed by atoms with Gasteiger partial charge in [0.1, 0.15) is 11.4 Å². The van der Waals surface area contributed by atoms with Crippen molar-refractivity contribution in [2.24, 2.45) is 0 Å². The number of piperidine rings is 1. The lowest BCUT2D eigenvalue weighted by Gasteiger charge is -2.38. The maximum Gasteiger partial charge on any atom is 0.410 e. The van der Waals surface area contributed by atoms with Crippen LogP contribution in [0.1, 0.15) is 44.0 Å². The number of nitrogens with zero attached hydrogens (tertiary/aromatic N) is 3. The molecule has 2 aromatic rings. The summed E-state index contributed by atoms with van der Waals surface area (Å²) >= 11 is 6.19. The summed E-state index contributed by atoms with van der Waals surface area (Å²) in [5.41, 5.74) is 0.757. The van der Waals surface area contributed by atoms with Gasteiger partial charge in [-0.25, -0.2) is 9.78 Å². The molecule has 1 saturated heterocycles. The highest BCUT2D eigenvalue weighted by Crippen LogP contribution is 2.29. The molecule has 7 nitrogen and oxygen atoms in total. The number of ether oxygens (including phenoxy) is 1. The van der Waals surface area contributed by atoms with Gasteiger partial charge >= 0.3 is 6.09 Å². The second-order valence-electron chi connectivity index (χ2n) is 8.64. The molecule has 0 spiro atoms. The highest BCUT2D eigenvalue weighted by Gasteiger charge is 2.29. The molecule has 2 heterocycles. The maximum atomic E-state index is 12.9. The topological polar surface area (TPSA) is 74.8 Å². The number of likely N-dealkylation sites (tertiary alicyclic amines) is 1. The fourth-order valence-electron chi connectivity index (χ4n) is 3.58. The Morgan fingerprint density at radius 2 is 1.90 bits per heavy atom. The second-order valence-corrected chi connectivity index (χ2v) is 9.08. The summed E-state index contributed by atoms with van der Waals surface area (Å²) in [6.45, 7) is 6.80. The quantitative estimate of drug-likeness (QED) is 0.731. The van der Waals surface area contributed by atoms with Crippen LogP contribution in [-0.2, 0) is 4.74 Å². The Morgan fingerprint density at radius 1 is 1.19 bits per heavy atom. The summed E-state index contributed by atoms with van der Waals surface area (Å²) in [6.07, 6.45) is 2.90. The number of halogens is 1. The van der Waals surface area contributed by atoms with Crippen LogP contribution in [-0.4, -0.2) is 53.7 Å². The van der Waals surface area contributed by atoms with Crippen molar-refractivity contribution in [2.75, 3.05) is 30.4 Å². The van der Waals surface area contributed by atoms with Gasteiger partial charge in [0.25, 0.3) is 5.91 Å². The normalized spacial score (nSPS) is 14.8. The fourth-order valence-corrected chi connectivity index (χ4v) is 3.75. The summed E-state index contributed by atoms with van der Waals surface area (Å²) in [5, 5.41) is 3.31. The third-order valence-electron chi connectivity index (χ3n) is 5.15. The van der Waals surface area contributed by atoms with Gasteiger partial charge in [-0.05, 0) is 63.9 Å². The zero-order chi connectivity index (χ0) is 22.6. The third kappa shape index (κ3) is 6.10. The SMILES string of the molecule is CN(c1ccc(Cl)cc1C(=O)Nc1ccccn1)C1CCN(C(=O)OC(C)(C)C)CC1. The monoisotopic (exact) mass is 444 g/mol. The smallest absolute Gasteiger partial charge is 0.410 e. The van der Waals surface area contributed by atoms with E-state index in [1.54, 1.807) is 35.4 Å². The van der Waals surface area contributed by atoms with Crippen molar-refractivity contribution in [2.45, 2.75) is 45.3 Å². The largest absolute Gasteiger partial charge is 0.444 e. The van der Waals surface area contributed by atoms with E-state index in [-0.39, 0.29) is 18.0 Å². The Morgan fingerprint density at radius 3 is 2.52 bits per heavy atom. The molecule has 1 aliphatic heterocycles. The standard InChI is InChI=1S/C23H29ClN4O3/c1-23(2,3)31-22(30)28-13-10-17(11-14-28)27(4)19-9-8-16(24)15-18(19)21(29)26-20-7-5-6-12-25-20/h5-9,12,15,17H,10-11,13-14H2,1-4H3,(H,25,26,29). The maximum absolute atomic E-state index is 12.9. The number of carbonyl (C=O) groups is 2. The van der Waals surface area contributed by atoms with Crippen molar-refractivity contribution in [1.29, 1.82) is 0 Å². The first-order chi connectivity index (χ1) is 14.6. The summed E-state index contributed by atoms with van der Waals surface area (Å²) in [6, 6.07) is 10.8. The summed E-state index contributed by atoms with van der Waals surface area (Å²) in [4.78, 5) is 33.3. The van der Waals surface area contributed by atoms with Crippen molar-refractivity contribution < 1.29 is 14.3 Å². The minimum atomic E-state index is -0.510. The average Bonchev–Trinajstić information content (AvgIpc) is 2.73. The molecule has 0 aliphatic carbocycles. The molecule has 0 radical (unpaired) electrons. The summed E-state index contributed by atoms with van der Waals surface area (Å²) in [5.74, 6) is 0.209. The van der Waals surface area contributed by atoms with E-state index in [1.807, 2.05) is 40.0 Å². The van der Waals surface area contributed by atoms with Crippen molar-refractivity contribution in [3.63, 3.8) is 0 Å². The number of nitrogens with one attached hydrogen (secondary N) is 1. The molecular weight excluding hydrogens is 416 g/mol. The number of carbonyl (C=O) groups excluding carboxylic acids is 2. The predicted octanol–water partition coefficient (Wildman–Crippen LogP) is 4.82. The number of anilines is 2. The van der Waals surface area contributed by atoms with E-state index in [2.05, 4.69) is 15.2 Å². The Hall–Kier alpha value is -2.80. The molecule has 8 heteroatoms. The summed E-state index contributed by atoms with van der Waals surface area (Å²) < 4.78 is 5.48. The lowest BCUT2D eigenvalue weighted by atomic mass is 10.0. The van der Waals surface area contributed by atoms with Crippen LogP contribution >= 0.6 is 11.6 Å². The van der Waals surface area contributed by atoms with Crippen molar-refractivity contribution in [1.82, 2.24) is 9.88 Å². The number of aromatic nitrogens is 1. The van der Waals surface area contributed by atoms with Gasteiger partial charge in [-0.3, -0.25) is 4.79 Å². The third-order valence-corrected chi connectivity index (χ3v) is 5.39. The van der Waals surface area contributed by atoms with Crippen LogP contribution in [0.25, 0.3) is 0 Å². The van der Waals surface area contributed by atoms with Gasteiger partial charge in [-0.1, -0.05) is 17.7 Å². The number of hydrogen-bond donors (Lipinski definition) is 1. The first kappa shape index (κ1) is 22.9. The molecule has 1 aromatic heterocycles. The van der Waals surface area contributed by atoms with E-state index in [1.165, 1.54) is 0 Å². The first-order valence-electron chi connectivity index (χ1n) is 10.4. The first-order valence-corrected chi connectivity index (χ1v) is 10.7. The van der Waals surface area contributed by atoms with Gasteiger partial charge in [0.2, 0.25) is 0 Å². The zero-order valence-corrected chi connectivity index (χ0v) is 19.1. The zero-order valence-electron chi connectivity index (χ0n) is 18.4. The molecule has 3 rings (SSSR count). The molecule has 0 unspecified atom stereocenters. The molecule has 31 heavy (non-hydrogen) atoms. The Kier molecular flexibility index (Phi) is 7.05. The van der Waals surface area contributed by atoms with Crippen LogP contribution in [0.3, 0.4) is 0 Å². The highest BCUT2D eigenvalue weighted by atomic mass is 35.5.